The monoisotopic (exact) mass is 247 g/mol. The number of nitrogens with one attached hydrogen (secondary N) is 1. The van der Waals surface area contributed by atoms with Gasteiger partial charge in [0.25, 0.3) is 0 Å². The molecule has 1 aromatic heterocycles. The minimum atomic E-state index is -0.774. The van der Waals surface area contributed by atoms with Gasteiger partial charge in [0.15, 0.2) is 0 Å². The van der Waals surface area contributed by atoms with E-state index in [1.165, 1.54) is 0 Å². The van der Waals surface area contributed by atoms with Gasteiger partial charge in [-0.1, -0.05) is 19.1 Å². The van der Waals surface area contributed by atoms with Crippen LogP contribution in [0.5, 0.6) is 0 Å². The number of nitrogens with zero attached hydrogens (tertiary/aromatic N) is 2. The summed E-state index contributed by atoms with van der Waals surface area (Å²) in [4.78, 5) is 19.5. The number of aromatic nitrogens is 2. The van der Waals surface area contributed by atoms with Crippen LogP contribution < -0.4 is 5.32 Å². The molecular weight excluding hydrogens is 230 g/mol. The van der Waals surface area contributed by atoms with Crippen LogP contribution in [0.25, 0.3) is 0 Å². The zero-order chi connectivity index (χ0) is 13.1. The van der Waals surface area contributed by atoms with Gasteiger partial charge in [-0.3, -0.25) is 4.79 Å². The van der Waals surface area contributed by atoms with Crippen molar-refractivity contribution in [1.29, 1.82) is 0 Å². The van der Waals surface area contributed by atoms with Gasteiger partial charge in [0.1, 0.15) is 11.6 Å². The highest BCUT2D eigenvalue weighted by atomic mass is 16.4. The average molecular weight is 247 g/mol. The molecule has 2 rings (SSSR count). The molecule has 0 saturated carbocycles. The van der Waals surface area contributed by atoms with Crippen LogP contribution in [0.4, 0.5) is 5.82 Å². The fourth-order valence-electron chi connectivity index (χ4n) is 2.06. The summed E-state index contributed by atoms with van der Waals surface area (Å²) < 4.78 is 0. The van der Waals surface area contributed by atoms with Crippen molar-refractivity contribution in [2.45, 2.75) is 32.7 Å². The molecule has 2 unspecified atom stereocenters. The van der Waals surface area contributed by atoms with E-state index in [1.54, 1.807) is 6.08 Å². The van der Waals surface area contributed by atoms with Gasteiger partial charge in [-0.2, -0.15) is 0 Å². The fourth-order valence-corrected chi connectivity index (χ4v) is 2.06. The molecule has 18 heavy (non-hydrogen) atoms. The second-order valence-electron chi connectivity index (χ2n) is 4.46. The molecule has 0 spiro atoms. The standard InChI is InChI=1S/C13H17N3O2/c1-3-10-7-12(15-8(2)14-10)16-11-5-4-9(6-11)13(17)18/h4-5,7,9,11H,3,6H2,1-2H3,(H,17,18)(H,14,15,16). The summed E-state index contributed by atoms with van der Waals surface area (Å²) in [6.07, 6.45) is 5.05. The van der Waals surface area contributed by atoms with Crippen molar-refractivity contribution in [3.8, 4) is 0 Å². The van der Waals surface area contributed by atoms with Gasteiger partial charge in [0.05, 0.1) is 5.92 Å². The maximum atomic E-state index is 10.8. The van der Waals surface area contributed by atoms with Crippen molar-refractivity contribution in [3.63, 3.8) is 0 Å². The molecule has 96 valence electrons. The third kappa shape index (κ3) is 2.85. The van der Waals surface area contributed by atoms with E-state index in [2.05, 4.69) is 15.3 Å². The molecule has 0 bridgehead atoms. The topological polar surface area (TPSA) is 75.1 Å². The Bertz CT molecular complexity index is 485. The van der Waals surface area contributed by atoms with Crippen molar-refractivity contribution in [2.75, 3.05) is 5.32 Å². The average Bonchev–Trinajstić information content (AvgIpc) is 2.76. The molecule has 0 fully saturated rings. The van der Waals surface area contributed by atoms with Gasteiger partial charge < -0.3 is 10.4 Å². The molecule has 0 aliphatic heterocycles. The zero-order valence-electron chi connectivity index (χ0n) is 10.6. The highest BCUT2D eigenvalue weighted by molar-refractivity contribution is 5.73. The second kappa shape index (κ2) is 5.16. The Morgan fingerprint density at radius 3 is 2.89 bits per heavy atom. The maximum absolute atomic E-state index is 10.8. The van der Waals surface area contributed by atoms with Crippen LogP contribution in [0, 0.1) is 12.8 Å². The first-order valence-electron chi connectivity index (χ1n) is 6.10. The molecule has 1 aliphatic rings. The van der Waals surface area contributed by atoms with Crippen LogP contribution in [-0.2, 0) is 11.2 Å². The lowest BCUT2D eigenvalue weighted by atomic mass is 10.1. The van der Waals surface area contributed by atoms with E-state index < -0.39 is 11.9 Å². The predicted octanol–water partition coefficient (Wildman–Crippen LogP) is 1.79. The van der Waals surface area contributed by atoms with Crippen LogP contribution in [0.15, 0.2) is 18.2 Å². The number of rotatable bonds is 4. The first-order chi connectivity index (χ1) is 8.58. The summed E-state index contributed by atoms with van der Waals surface area (Å²) in [5, 5.41) is 12.2. The molecule has 0 saturated heterocycles. The predicted molar refractivity (Wildman–Crippen MR) is 68.4 cm³/mol. The third-order valence-corrected chi connectivity index (χ3v) is 2.99. The third-order valence-electron chi connectivity index (χ3n) is 2.99. The van der Waals surface area contributed by atoms with E-state index in [1.807, 2.05) is 26.0 Å². The molecule has 2 N–H and O–H groups in total. The Hall–Kier alpha value is -1.91. The van der Waals surface area contributed by atoms with Crippen molar-refractivity contribution in [1.82, 2.24) is 9.97 Å². The fraction of sp³-hybridized carbons (Fsp3) is 0.462. The van der Waals surface area contributed by atoms with Crippen molar-refractivity contribution in [3.05, 3.63) is 29.7 Å². The number of hydrogen-bond acceptors (Lipinski definition) is 4. The lowest BCUT2D eigenvalue weighted by molar-refractivity contribution is -0.140. The highest BCUT2D eigenvalue weighted by Crippen LogP contribution is 2.21. The summed E-state index contributed by atoms with van der Waals surface area (Å²) in [7, 11) is 0. The molecule has 1 aromatic rings. The summed E-state index contributed by atoms with van der Waals surface area (Å²) in [5.41, 5.74) is 0.988. The van der Waals surface area contributed by atoms with Gasteiger partial charge >= 0.3 is 5.97 Å². The largest absolute Gasteiger partial charge is 0.481 e. The van der Waals surface area contributed by atoms with Gasteiger partial charge in [-0.15, -0.1) is 0 Å². The summed E-state index contributed by atoms with van der Waals surface area (Å²) in [6.45, 7) is 3.90. The number of carboxylic acids is 1. The van der Waals surface area contributed by atoms with E-state index in [0.717, 1.165) is 23.8 Å². The van der Waals surface area contributed by atoms with Crippen molar-refractivity contribution >= 4 is 11.8 Å². The number of hydrogen-bond donors (Lipinski definition) is 2. The van der Waals surface area contributed by atoms with Gasteiger partial charge in [-0.25, -0.2) is 9.97 Å². The molecule has 2 atom stereocenters. The highest BCUT2D eigenvalue weighted by Gasteiger charge is 2.24. The Morgan fingerprint density at radius 1 is 1.50 bits per heavy atom. The number of aliphatic carboxylic acids is 1. The van der Waals surface area contributed by atoms with Crippen LogP contribution in [0.3, 0.4) is 0 Å². The van der Waals surface area contributed by atoms with Gasteiger partial charge in [0, 0.05) is 17.8 Å². The van der Waals surface area contributed by atoms with Crippen molar-refractivity contribution < 1.29 is 9.90 Å². The van der Waals surface area contributed by atoms with Crippen LogP contribution >= 0.6 is 0 Å². The molecule has 1 aliphatic carbocycles. The SMILES string of the molecule is CCc1cc(NC2C=CC(C(=O)O)C2)nc(C)n1. The lowest BCUT2D eigenvalue weighted by Crippen LogP contribution is -2.19. The number of anilines is 1. The van der Waals surface area contributed by atoms with Crippen LogP contribution in [-0.4, -0.2) is 27.1 Å². The van der Waals surface area contributed by atoms with Gasteiger partial charge in [-0.05, 0) is 19.8 Å². The number of carboxylic acid groups (broad SMARTS) is 1. The summed E-state index contributed by atoms with van der Waals surface area (Å²) in [5.74, 6) is 0.327. The summed E-state index contributed by atoms with van der Waals surface area (Å²) >= 11 is 0. The number of aryl methyl sites for hydroxylation is 2. The quantitative estimate of drug-likeness (QED) is 0.793. The normalized spacial score (nSPS) is 22.1. The first-order valence-corrected chi connectivity index (χ1v) is 6.10. The smallest absolute Gasteiger partial charge is 0.310 e. The zero-order valence-corrected chi connectivity index (χ0v) is 10.6. The lowest BCUT2D eigenvalue weighted by Gasteiger charge is -2.13. The molecule has 0 amide bonds. The van der Waals surface area contributed by atoms with Crippen LogP contribution in [0.2, 0.25) is 0 Å². The van der Waals surface area contributed by atoms with Crippen LogP contribution in [0.1, 0.15) is 24.9 Å². The Kier molecular flexibility index (Phi) is 3.60. The molecule has 0 radical (unpaired) electrons. The van der Waals surface area contributed by atoms with E-state index in [0.29, 0.717) is 6.42 Å². The number of carbonyl (C=O) groups is 1. The Morgan fingerprint density at radius 2 is 2.28 bits per heavy atom. The van der Waals surface area contributed by atoms with E-state index in [4.69, 9.17) is 5.11 Å². The molecule has 5 nitrogen and oxygen atoms in total. The van der Waals surface area contributed by atoms with E-state index in [-0.39, 0.29) is 6.04 Å². The maximum Gasteiger partial charge on any atom is 0.310 e. The molecule has 5 heteroatoms. The molecular formula is C13H17N3O2. The Labute approximate surface area is 106 Å². The van der Waals surface area contributed by atoms with E-state index >= 15 is 0 Å². The first kappa shape index (κ1) is 12.5. The minimum absolute atomic E-state index is 0.0325. The van der Waals surface area contributed by atoms with Gasteiger partial charge in [0.2, 0.25) is 0 Å². The second-order valence-corrected chi connectivity index (χ2v) is 4.46. The molecule has 1 heterocycles. The molecule has 0 aromatic carbocycles. The van der Waals surface area contributed by atoms with E-state index in [9.17, 15) is 4.79 Å². The summed E-state index contributed by atoms with van der Waals surface area (Å²) in [6, 6.07) is 1.94. The van der Waals surface area contributed by atoms with Crippen molar-refractivity contribution in [2.24, 2.45) is 5.92 Å². The Balaban J connectivity index is 2.05. The minimum Gasteiger partial charge on any atom is -0.481 e.